The summed E-state index contributed by atoms with van der Waals surface area (Å²) in [5.41, 5.74) is 1.70. The Morgan fingerprint density at radius 2 is 1.24 bits per heavy atom. The Balaban J connectivity index is 1.67. The SMILES string of the molecule is O=c1oc2ccccc2c(O)c1C(c1ccc([N+](=O)[O-])cc1)c1c(O)c2ccccc2c2nc3ccccc3nc12. The number of rotatable bonds is 4. The molecule has 0 fully saturated rings. The number of hydrogen-bond acceptors (Lipinski definition) is 8. The fourth-order valence-corrected chi connectivity index (χ4v) is 5.47. The number of aromatic nitrogens is 2. The molecule has 5 aromatic carbocycles. The molecule has 0 aliphatic heterocycles. The highest BCUT2D eigenvalue weighted by atomic mass is 16.6. The van der Waals surface area contributed by atoms with E-state index < -0.39 is 16.5 Å². The van der Waals surface area contributed by atoms with Crippen LogP contribution in [0, 0.1) is 10.1 Å². The first kappa shape index (κ1) is 24.2. The number of hydrogen-bond donors (Lipinski definition) is 2. The summed E-state index contributed by atoms with van der Waals surface area (Å²) < 4.78 is 5.63. The number of phenols is 1. The monoisotopic (exact) mass is 541 g/mol. The van der Waals surface area contributed by atoms with Crippen LogP contribution < -0.4 is 5.63 Å². The van der Waals surface area contributed by atoms with Crippen LogP contribution in [0.1, 0.15) is 22.6 Å². The molecule has 2 N–H and O–H groups in total. The molecule has 0 amide bonds. The molecule has 1 unspecified atom stereocenters. The molecule has 7 aromatic rings. The van der Waals surface area contributed by atoms with Crippen molar-refractivity contribution in [2.45, 2.75) is 5.92 Å². The zero-order valence-corrected chi connectivity index (χ0v) is 21.2. The average Bonchev–Trinajstić information content (AvgIpc) is 2.99. The van der Waals surface area contributed by atoms with E-state index >= 15 is 0 Å². The standard InChI is InChI=1S/C32H19N3O6/c36-30-20-8-2-1-7-19(20)28-29(34-23-11-5-4-10-22(23)33-28)26(30)25(17-13-15-18(16-14-17)35(39)40)27-31(37)21-9-3-6-12-24(21)41-32(27)38/h1-16,25,36-37H. The molecule has 1 atom stereocenters. The molecule has 7 rings (SSSR count). The summed E-state index contributed by atoms with van der Waals surface area (Å²) in [5.74, 6) is -1.61. The molecular formula is C32H19N3O6. The fraction of sp³-hybridized carbons (Fsp3) is 0.0312. The van der Waals surface area contributed by atoms with Gasteiger partial charge in [0.15, 0.2) is 0 Å². The summed E-state index contributed by atoms with van der Waals surface area (Å²) in [4.78, 5) is 34.2. The number of aromatic hydroxyl groups is 2. The molecule has 0 spiro atoms. The van der Waals surface area contributed by atoms with Gasteiger partial charge in [-0.2, -0.15) is 0 Å². The highest BCUT2D eigenvalue weighted by molar-refractivity contribution is 6.11. The Morgan fingerprint density at radius 1 is 0.683 bits per heavy atom. The molecule has 41 heavy (non-hydrogen) atoms. The van der Waals surface area contributed by atoms with Gasteiger partial charge >= 0.3 is 5.63 Å². The smallest absolute Gasteiger partial charge is 0.344 e. The van der Waals surface area contributed by atoms with E-state index in [1.54, 1.807) is 42.5 Å². The molecule has 0 saturated heterocycles. The number of phenolic OH excluding ortho intramolecular Hbond substituents is 1. The molecule has 0 bridgehead atoms. The second-order valence-electron chi connectivity index (χ2n) is 9.65. The van der Waals surface area contributed by atoms with Gasteiger partial charge in [0.1, 0.15) is 17.1 Å². The normalized spacial score (nSPS) is 12.3. The summed E-state index contributed by atoms with van der Waals surface area (Å²) in [6, 6.07) is 26.6. The minimum absolute atomic E-state index is 0.139. The summed E-state index contributed by atoms with van der Waals surface area (Å²) in [6.07, 6.45) is 0. The van der Waals surface area contributed by atoms with Gasteiger partial charge < -0.3 is 14.6 Å². The molecule has 198 valence electrons. The molecular weight excluding hydrogens is 522 g/mol. The molecule has 2 aromatic heterocycles. The maximum absolute atomic E-state index is 13.6. The van der Waals surface area contributed by atoms with Crippen molar-refractivity contribution in [3.8, 4) is 11.5 Å². The quantitative estimate of drug-likeness (QED) is 0.0841. The van der Waals surface area contributed by atoms with E-state index in [9.17, 15) is 25.1 Å². The number of nitro benzene ring substituents is 1. The third-order valence-corrected chi connectivity index (χ3v) is 7.35. The van der Waals surface area contributed by atoms with Crippen LogP contribution in [0.3, 0.4) is 0 Å². The lowest BCUT2D eigenvalue weighted by Crippen LogP contribution is -2.16. The second kappa shape index (κ2) is 9.13. The molecule has 0 radical (unpaired) electrons. The lowest BCUT2D eigenvalue weighted by molar-refractivity contribution is -0.384. The van der Waals surface area contributed by atoms with Crippen molar-refractivity contribution in [2.24, 2.45) is 0 Å². The molecule has 0 aliphatic rings. The predicted octanol–water partition coefficient (Wildman–Crippen LogP) is 6.54. The third-order valence-electron chi connectivity index (χ3n) is 7.35. The van der Waals surface area contributed by atoms with Gasteiger partial charge in [0.25, 0.3) is 5.69 Å². The van der Waals surface area contributed by atoms with Crippen molar-refractivity contribution in [1.29, 1.82) is 0 Å². The van der Waals surface area contributed by atoms with E-state index in [-0.39, 0.29) is 33.9 Å². The van der Waals surface area contributed by atoms with Gasteiger partial charge in [0.2, 0.25) is 0 Å². The number of benzene rings is 5. The van der Waals surface area contributed by atoms with E-state index in [4.69, 9.17) is 14.4 Å². The van der Waals surface area contributed by atoms with Crippen molar-refractivity contribution in [2.75, 3.05) is 0 Å². The largest absolute Gasteiger partial charge is 0.507 e. The van der Waals surface area contributed by atoms with Gasteiger partial charge in [-0.05, 0) is 29.8 Å². The zero-order chi connectivity index (χ0) is 28.2. The maximum atomic E-state index is 13.6. The van der Waals surface area contributed by atoms with Gasteiger partial charge in [-0.25, -0.2) is 14.8 Å². The van der Waals surface area contributed by atoms with Gasteiger partial charge in [-0.3, -0.25) is 10.1 Å². The van der Waals surface area contributed by atoms with Crippen LogP contribution in [0.25, 0.3) is 43.8 Å². The summed E-state index contributed by atoms with van der Waals surface area (Å²) >= 11 is 0. The van der Waals surface area contributed by atoms with Crippen LogP contribution in [0.15, 0.2) is 106 Å². The highest BCUT2D eigenvalue weighted by Crippen LogP contribution is 2.47. The predicted molar refractivity (Wildman–Crippen MR) is 154 cm³/mol. The minimum atomic E-state index is -1.13. The van der Waals surface area contributed by atoms with E-state index in [1.165, 1.54) is 24.3 Å². The Morgan fingerprint density at radius 3 is 1.93 bits per heavy atom. The first-order valence-electron chi connectivity index (χ1n) is 12.7. The lowest BCUT2D eigenvalue weighted by atomic mass is 9.82. The number of para-hydroxylation sites is 3. The second-order valence-corrected chi connectivity index (χ2v) is 9.65. The van der Waals surface area contributed by atoms with Gasteiger partial charge in [-0.1, -0.05) is 60.7 Å². The molecule has 9 nitrogen and oxygen atoms in total. The topological polar surface area (TPSA) is 140 Å². The van der Waals surface area contributed by atoms with E-state index in [1.807, 2.05) is 30.3 Å². The first-order chi connectivity index (χ1) is 19.9. The Bertz CT molecular complexity index is 2240. The number of nitro groups is 1. The number of nitrogens with zero attached hydrogens (tertiary/aromatic N) is 3. The van der Waals surface area contributed by atoms with Gasteiger partial charge in [0.05, 0.1) is 43.9 Å². The summed E-state index contributed by atoms with van der Waals surface area (Å²) in [7, 11) is 0. The van der Waals surface area contributed by atoms with E-state index in [0.717, 1.165) is 0 Å². The number of fused-ring (bicyclic) bond motifs is 5. The fourth-order valence-electron chi connectivity index (χ4n) is 5.47. The zero-order valence-electron chi connectivity index (χ0n) is 21.2. The van der Waals surface area contributed by atoms with Gasteiger partial charge in [0, 0.05) is 28.5 Å². The van der Waals surface area contributed by atoms with E-state index in [2.05, 4.69) is 0 Å². The third kappa shape index (κ3) is 3.75. The van der Waals surface area contributed by atoms with Crippen molar-refractivity contribution in [3.05, 3.63) is 134 Å². The van der Waals surface area contributed by atoms with Crippen molar-refractivity contribution in [3.63, 3.8) is 0 Å². The summed E-state index contributed by atoms with van der Waals surface area (Å²) in [5, 5.41) is 36.2. The van der Waals surface area contributed by atoms with Crippen LogP contribution in [0.2, 0.25) is 0 Å². The Labute approximate surface area is 230 Å². The first-order valence-corrected chi connectivity index (χ1v) is 12.7. The molecule has 2 heterocycles. The molecule has 9 heteroatoms. The molecule has 0 saturated carbocycles. The van der Waals surface area contributed by atoms with Crippen LogP contribution in [-0.2, 0) is 0 Å². The van der Waals surface area contributed by atoms with Crippen LogP contribution >= 0.6 is 0 Å². The lowest BCUT2D eigenvalue weighted by Gasteiger charge is -2.22. The summed E-state index contributed by atoms with van der Waals surface area (Å²) in [6.45, 7) is 0. The van der Waals surface area contributed by atoms with Crippen molar-refractivity contribution >= 4 is 49.5 Å². The average molecular weight is 542 g/mol. The highest BCUT2D eigenvalue weighted by Gasteiger charge is 2.32. The van der Waals surface area contributed by atoms with Crippen molar-refractivity contribution < 1.29 is 19.6 Å². The molecule has 0 aliphatic carbocycles. The van der Waals surface area contributed by atoms with Gasteiger partial charge in [-0.15, -0.1) is 0 Å². The Hall–Kier alpha value is -5.83. The minimum Gasteiger partial charge on any atom is -0.507 e. The van der Waals surface area contributed by atoms with Crippen LogP contribution in [0.5, 0.6) is 11.5 Å². The Kier molecular flexibility index (Phi) is 5.39. The van der Waals surface area contributed by atoms with Crippen LogP contribution in [0.4, 0.5) is 5.69 Å². The van der Waals surface area contributed by atoms with Crippen molar-refractivity contribution in [1.82, 2.24) is 9.97 Å². The van der Waals surface area contributed by atoms with Crippen LogP contribution in [-0.4, -0.2) is 25.1 Å². The maximum Gasteiger partial charge on any atom is 0.344 e. The van der Waals surface area contributed by atoms with E-state index in [0.29, 0.717) is 43.8 Å². The number of non-ortho nitro benzene ring substituents is 1.